The highest BCUT2D eigenvalue weighted by atomic mass is 35.5. The number of benzene rings is 2. The van der Waals surface area contributed by atoms with E-state index in [1.807, 2.05) is 31.3 Å². The highest BCUT2D eigenvalue weighted by Crippen LogP contribution is 2.42. The van der Waals surface area contributed by atoms with Crippen molar-refractivity contribution < 1.29 is 9.53 Å². The van der Waals surface area contributed by atoms with E-state index >= 15 is 0 Å². The van der Waals surface area contributed by atoms with E-state index in [1.54, 1.807) is 12.1 Å². The molecule has 4 rings (SSSR count). The number of amides is 1. The Bertz CT molecular complexity index is 843. The van der Waals surface area contributed by atoms with Crippen LogP contribution in [0.3, 0.4) is 0 Å². The monoisotopic (exact) mass is 312 g/mol. The van der Waals surface area contributed by atoms with Crippen molar-refractivity contribution in [3.63, 3.8) is 0 Å². The zero-order chi connectivity index (χ0) is 15.3. The minimum atomic E-state index is -0.155. The second-order valence-electron chi connectivity index (χ2n) is 5.26. The average molecular weight is 313 g/mol. The third kappa shape index (κ3) is 1.88. The van der Waals surface area contributed by atoms with Gasteiger partial charge in [0.15, 0.2) is 0 Å². The Balaban J connectivity index is 1.90. The molecule has 0 saturated carbocycles. The molecule has 2 aliphatic heterocycles. The van der Waals surface area contributed by atoms with Gasteiger partial charge in [-0.1, -0.05) is 17.7 Å². The smallest absolute Gasteiger partial charge is 0.260 e. The van der Waals surface area contributed by atoms with Crippen molar-refractivity contribution in [1.82, 2.24) is 0 Å². The molecule has 2 aliphatic rings. The molecule has 0 radical (unpaired) electrons. The van der Waals surface area contributed by atoms with Crippen molar-refractivity contribution in [2.45, 2.75) is 6.61 Å². The van der Waals surface area contributed by atoms with E-state index in [9.17, 15) is 4.79 Å². The highest BCUT2D eigenvalue weighted by molar-refractivity contribution is 6.37. The minimum absolute atomic E-state index is 0.155. The summed E-state index contributed by atoms with van der Waals surface area (Å²) in [7, 11) is 1.88. The summed E-state index contributed by atoms with van der Waals surface area (Å²) < 4.78 is 5.82. The van der Waals surface area contributed by atoms with Gasteiger partial charge in [-0.2, -0.15) is 0 Å². The number of carbonyl (C=O) groups is 1. The molecule has 1 amide bonds. The summed E-state index contributed by atoms with van der Waals surface area (Å²) in [5.41, 5.74) is 5.19. The number of halogens is 1. The van der Waals surface area contributed by atoms with Crippen LogP contribution in [-0.2, 0) is 16.1 Å². The summed E-state index contributed by atoms with van der Waals surface area (Å²) in [6, 6.07) is 11.4. The van der Waals surface area contributed by atoms with Gasteiger partial charge in [0.1, 0.15) is 12.4 Å². The maximum atomic E-state index is 12.4. The Morgan fingerprint density at radius 1 is 1.18 bits per heavy atom. The fraction of sp³-hybridized carbons (Fsp3) is 0.118. The Kier molecular flexibility index (Phi) is 2.87. The van der Waals surface area contributed by atoms with Crippen molar-refractivity contribution in [3.05, 3.63) is 58.1 Å². The van der Waals surface area contributed by atoms with Crippen LogP contribution in [0.25, 0.3) is 11.3 Å². The molecule has 5 heteroatoms. The first kappa shape index (κ1) is 13.2. The third-order valence-corrected chi connectivity index (χ3v) is 4.20. The molecule has 4 nitrogen and oxygen atoms in total. The number of fused-ring (bicyclic) bond motifs is 2. The van der Waals surface area contributed by atoms with Crippen LogP contribution in [0.2, 0.25) is 5.02 Å². The van der Waals surface area contributed by atoms with Gasteiger partial charge in [-0.25, -0.2) is 0 Å². The Morgan fingerprint density at radius 3 is 2.82 bits per heavy atom. The van der Waals surface area contributed by atoms with Gasteiger partial charge in [0, 0.05) is 34.4 Å². The van der Waals surface area contributed by atoms with Gasteiger partial charge in [-0.05, 0) is 30.3 Å². The lowest BCUT2D eigenvalue weighted by Crippen LogP contribution is -2.05. The van der Waals surface area contributed by atoms with E-state index in [4.69, 9.17) is 16.3 Å². The lowest BCUT2D eigenvalue weighted by Gasteiger charge is -2.06. The number of rotatable bonds is 1. The van der Waals surface area contributed by atoms with E-state index in [0.717, 1.165) is 28.1 Å². The molecule has 2 heterocycles. The molecular weight excluding hydrogens is 300 g/mol. The lowest BCUT2D eigenvalue weighted by atomic mass is 10.0. The molecular formula is C17H13ClN2O2. The molecule has 0 bridgehead atoms. The maximum Gasteiger partial charge on any atom is 0.260 e. The van der Waals surface area contributed by atoms with Gasteiger partial charge in [-0.3, -0.25) is 4.79 Å². The Hall–Kier alpha value is -2.46. The van der Waals surface area contributed by atoms with Crippen LogP contribution >= 0.6 is 11.6 Å². The highest BCUT2D eigenvalue weighted by Gasteiger charge is 2.32. The molecule has 0 aromatic heterocycles. The van der Waals surface area contributed by atoms with Crippen molar-refractivity contribution >= 4 is 40.2 Å². The summed E-state index contributed by atoms with van der Waals surface area (Å²) in [6.45, 7) is 0.472. The second-order valence-corrected chi connectivity index (χ2v) is 5.70. The van der Waals surface area contributed by atoms with Gasteiger partial charge < -0.3 is 15.4 Å². The number of hydrogen-bond donors (Lipinski definition) is 2. The number of carbonyl (C=O) groups excluding carboxylic acids is 1. The largest absolute Gasteiger partial charge is 0.487 e. The van der Waals surface area contributed by atoms with Crippen LogP contribution in [0, 0.1) is 0 Å². The van der Waals surface area contributed by atoms with Crippen LogP contribution in [0.1, 0.15) is 16.7 Å². The predicted octanol–water partition coefficient (Wildman–Crippen LogP) is 3.73. The van der Waals surface area contributed by atoms with E-state index < -0.39 is 0 Å². The quantitative estimate of drug-likeness (QED) is 0.789. The minimum Gasteiger partial charge on any atom is -0.487 e. The van der Waals surface area contributed by atoms with Gasteiger partial charge in [-0.15, -0.1) is 0 Å². The Morgan fingerprint density at radius 2 is 2.00 bits per heavy atom. The van der Waals surface area contributed by atoms with Gasteiger partial charge in [0.25, 0.3) is 5.91 Å². The number of hydrogen-bond acceptors (Lipinski definition) is 3. The molecule has 22 heavy (non-hydrogen) atoms. The first-order valence-electron chi connectivity index (χ1n) is 6.97. The molecule has 0 spiro atoms. The molecule has 0 saturated heterocycles. The second kappa shape index (κ2) is 4.78. The summed E-state index contributed by atoms with van der Waals surface area (Å²) >= 11 is 5.99. The van der Waals surface area contributed by atoms with Crippen LogP contribution in [0.5, 0.6) is 0 Å². The first-order valence-corrected chi connectivity index (χ1v) is 7.34. The fourth-order valence-corrected chi connectivity index (χ4v) is 3.07. The molecule has 0 atom stereocenters. The maximum absolute atomic E-state index is 12.4. The molecule has 2 aromatic rings. The SMILES string of the molecule is CNc1ccc2c(c1)CO/C2=C1/C(=O)Nc2cc(Cl)ccc21. The van der Waals surface area contributed by atoms with E-state index in [0.29, 0.717) is 23.0 Å². The van der Waals surface area contributed by atoms with Gasteiger partial charge >= 0.3 is 0 Å². The third-order valence-electron chi connectivity index (χ3n) is 3.96. The fourth-order valence-electron chi connectivity index (χ4n) is 2.90. The van der Waals surface area contributed by atoms with Crippen LogP contribution < -0.4 is 10.6 Å². The van der Waals surface area contributed by atoms with Crippen molar-refractivity contribution in [3.8, 4) is 0 Å². The van der Waals surface area contributed by atoms with Crippen molar-refractivity contribution in [2.24, 2.45) is 0 Å². The zero-order valence-corrected chi connectivity index (χ0v) is 12.6. The van der Waals surface area contributed by atoms with E-state index in [-0.39, 0.29) is 5.91 Å². The molecule has 0 aliphatic carbocycles. The molecule has 0 fully saturated rings. The van der Waals surface area contributed by atoms with E-state index in [1.165, 1.54) is 0 Å². The standard InChI is InChI=1S/C17H13ClN2O2/c1-19-11-3-5-12-9(6-11)8-22-16(12)15-13-4-2-10(18)7-14(13)20-17(15)21/h2-7,19H,8H2,1H3,(H,20,21)/b16-15+. The summed E-state index contributed by atoms with van der Waals surface area (Å²) in [6.07, 6.45) is 0. The molecule has 2 aromatic carbocycles. The van der Waals surface area contributed by atoms with E-state index in [2.05, 4.69) is 10.6 Å². The lowest BCUT2D eigenvalue weighted by molar-refractivity contribution is -0.110. The average Bonchev–Trinajstić information content (AvgIpc) is 3.05. The van der Waals surface area contributed by atoms with Gasteiger partial charge in [0.2, 0.25) is 0 Å². The molecule has 0 unspecified atom stereocenters. The number of ether oxygens (including phenoxy) is 1. The summed E-state index contributed by atoms with van der Waals surface area (Å²) in [5.74, 6) is 0.481. The normalized spacial score (nSPS) is 18.5. The molecule has 110 valence electrons. The van der Waals surface area contributed by atoms with Crippen LogP contribution in [0.4, 0.5) is 11.4 Å². The van der Waals surface area contributed by atoms with Gasteiger partial charge in [0.05, 0.1) is 11.3 Å². The summed E-state index contributed by atoms with van der Waals surface area (Å²) in [5, 5.41) is 6.55. The first-order chi connectivity index (χ1) is 10.7. The summed E-state index contributed by atoms with van der Waals surface area (Å²) in [4.78, 5) is 12.4. The topological polar surface area (TPSA) is 50.4 Å². The van der Waals surface area contributed by atoms with Crippen LogP contribution in [0.15, 0.2) is 36.4 Å². The predicted molar refractivity (Wildman–Crippen MR) is 87.7 cm³/mol. The number of nitrogens with one attached hydrogen (secondary N) is 2. The van der Waals surface area contributed by atoms with Crippen molar-refractivity contribution in [2.75, 3.05) is 17.7 Å². The Labute approximate surface area is 132 Å². The zero-order valence-electron chi connectivity index (χ0n) is 11.9. The number of anilines is 2. The van der Waals surface area contributed by atoms with Crippen LogP contribution in [-0.4, -0.2) is 13.0 Å². The van der Waals surface area contributed by atoms with Crippen molar-refractivity contribution in [1.29, 1.82) is 0 Å². The molecule has 2 N–H and O–H groups in total.